The van der Waals surface area contributed by atoms with E-state index < -0.39 is 0 Å². The first-order chi connectivity index (χ1) is 6.88. The van der Waals surface area contributed by atoms with Gasteiger partial charge < -0.3 is 9.47 Å². The summed E-state index contributed by atoms with van der Waals surface area (Å²) in [7, 11) is 0. The lowest BCUT2D eigenvalue weighted by Gasteiger charge is -2.04. The molecule has 1 saturated heterocycles. The molecular weight excluding hydrogens is 180 g/mol. The van der Waals surface area contributed by atoms with Gasteiger partial charge in [-0.3, -0.25) is 4.79 Å². The molecule has 1 aromatic carbocycles. The van der Waals surface area contributed by atoms with E-state index in [4.69, 9.17) is 9.47 Å². The zero-order valence-corrected chi connectivity index (χ0v) is 7.81. The molecule has 0 bridgehead atoms. The van der Waals surface area contributed by atoms with Gasteiger partial charge in [-0.25, -0.2) is 0 Å². The summed E-state index contributed by atoms with van der Waals surface area (Å²) in [6.07, 6.45) is 2.17. The van der Waals surface area contributed by atoms with Crippen LogP contribution in [-0.2, 0) is 4.74 Å². The van der Waals surface area contributed by atoms with Crippen molar-refractivity contribution in [2.75, 3.05) is 13.2 Å². The minimum Gasteiger partial charge on any atom is -0.493 e. The highest BCUT2D eigenvalue weighted by molar-refractivity contribution is 5.74. The van der Waals surface area contributed by atoms with Crippen LogP contribution in [-0.4, -0.2) is 25.6 Å². The maximum absolute atomic E-state index is 10.4. The molecule has 2 rings (SSSR count). The van der Waals surface area contributed by atoms with Crippen molar-refractivity contribution in [3.8, 4) is 5.75 Å². The number of hydrogen-bond donors (Lipinski definition) is 0. The number of ether oxygens (including phenoxy) is 2. The predicted octanol–water partition coefficient (Wildman–Crippen LogP) is 1.67. The van der Waals surface area contributed by atoms with Gasteiger partial charge in [0.05, 0.1) is 19.3 Å². The van der Waals surface area contributed by atoms with Crippen molar-refractivity contribution >= 4 is 6.29 Å². The van der Waals surface area contributed by atoms with Gasteiger partial charge in [0, 0.05) is 12.0 Å². The molecule has 74 valence electrons. The second-order valence-electron chi connectivity index (χ2n) is 3.28. The highest BCUT2D eigenvalue weighted by Gasteiger charge is 2.21. The third-order valence-corrected chi connectivity index (χ3v) is 2.13. The number of aldehydes is 1. The zero-order chi connectivity index (χ0) is 9.80. The Morgan fingerprint density at radius 3 is 2.71 bits per heavy atom. The number of epoxide rings is 1. The van der Waals surface area contributed by atoms with Crippen LogP contribution < -0.4 is 4.74 Å². The third kappa shape index (κ3) is 2.57. The lowest BCUT2D eigenvalue weighted by molar-refractivity contribution is 0.112. The van der Waals surface area contributed by atoms with Crippen LogP contribution in [0.4, 0.5) is 0 Å². The molecular formula is C11H12O3. The number of benzene rings is 1. The van der Waals surface area contributed by atoms with E-state index in [1.54, 1.807) is 24.3 Å². The Morgan fingerprint density at radius 2 is 2.14 bits per heavy atom. The molecule has 1 atom stereocenters. The fourth-order valence-corrected chi connectivity index (χ4v) is 1.19. The van der Waals surface area contributed by atoms with Gasteiger partial charge in [0.15, 0.2) is 0 Å². The summed E-state index contributed by atoms with van der Waals surface area (Å²) in [5.74, 6) is 0.802. The molecule has 1 aliphatic rings. The van der Waals surface area contributed by atoms with Crippen LogP contribution >= 0.6 is 0 Å². The fourth-order valence-electron chi connectivity index (χ4n) is 1.19. The summed E-state index contributed by atoms with van der Waals surface area (Å²) in [6.45, 7) is 1.54. The van der Waals surface area contributed by atoms with Gasteiger partial charge in [-0.05, 0) is 24.3 Å². The predicted molar refractivity (Wildman–Crippen MR) is 51.7 cm³/mol. The molecule has 3 heteroatoms. The van der Waals surface area contributed by atoms with Crippen LogP contribution in [0.3, 0.4) is 0 Å². The second kappa shape index (κ2) is 4.24. The van der Waals surface area contributed by atoms with E-state index in [0.29, 0.717) is 18.3 Å². The molecule has 0 aromatic heterocycles. The van der Waals surface area contributed by atoms with Crippen molar-refractivity contribution in [1.82, 2.24) is 0 Å². The molecule has 0 saturated carbocycles. The van der Waals surface area contributed by atoms with Crippen molar-refractivity contribution in [2.45, 2.75) is 12.5 Å². The van der Waals surface area contributed by atoms with Gasteiger partial charge in [0.1, 0.15) is 12.0 Å². The van der Waals surface area contributed by atoms with Gasteiger partial charge in [-0.2, -0.15) is 0 Å². The molecule has 1 unspecified atom stereocenters. The van der Waals surface area contributed by atoms with E-state index in [2.05, 4.69) is 0 Å². The minimum atomic E-state index is 0.407. The zero-order valence-electron chi connectivity index (χ0n) is 7.81. The number of carbonyl (C=O) groups is 1. The van der Waals surface area contributed by atoms with E-state index in [-0.39, 0.29) is 0 Å². The maximum atomic E-state index is 10.4. The third-order valence-electron chi connectivity index (χ3n) is 2.13. The molecule has 1 fully saturated rings. The van der Waals surface area contributed by atoms with E-state index in [1.165, 1.54) is 0 Å². The molecule has 1 aromatic rings. The summed E-state index contributed by atoms with van der Waals surface area (Å²) in [5, 5.41) is 0. The van der Waals surface area contributed by atoms with Crippen molar-refractivity contribution in [3.05, 3.63) is 29.8 Å². The van der Waals surface area contributed by atoms with Crippen LogP contribution in [0.2, 0.25) is 0 Å². The molecule has 3 nitrogen and oxygen atoms in total. The van der Waals surface area contributed by atoms with Gasteiger partial charge in [0.25, 0.3) is 0 Å². The van der Waals surface area contributed by atoms with Gasteiger partial charge >= 0.3 is 0 Å². The Kier molecular flexibility index (Phi) is 2.79. The fraction of sp³-hybridized carbons (Fsp3) is 0.364. The molecule has 0 radical (unpaired) electrons. The van der Waals surface area contributed by atoms with E-state index in [9.17, 15) is 4.79 Å². The van der Waals surface area contributed by atoms with Crippen LogP contribution in [0.5, 0.6) is 5.75 Å². The molecule has 0 amide bonds. The van der Waals surface area contributed by atoms with Crippen LogP contribution in [0, 0.1) is 0 Å². The lowest BCUT2D eigenvalue weighted by atomic mass is 10.2. The van der Waals surface area contributed by atoms with Crippen LogP contribution in [0.1, 0.15) is 16.8 Å². The quantitative estimate of drug-likeness (QED) is 0.526. The first-order valence-corrected chi connectivity index (χ1v) is 4.68. The number of rotatable bonds is 5. The molecule has 0 aliphatic carbocycles. The van der Waals surface area contributed by atoms with E-state index >= 15 is 0 Å². The highest BCUT2D eigenvalue weighted by Crippen LogP contribution is 2.15. The topological polar surface area (TPSA) is 38.8 Å². The van der Waals surface area contributed by atoms with Crippen molar-refractivity contribution in [1.29, 1.82) is 0 Å². The first-order valence-electron chi connectivity index (χ1n) is 4.68. The Morgan fingerprint density at radius 1 is 1.43 bits per heavy atom. The molecule has 1 heterocycles. The number of carbonyl (C=O) groups excluding carboxylic acids is 1. The summed E-state index contributed by atoms with van der Waals surface area (Å²) in [4.78, 5) is 10.4. The van der Waals surface area contributed by atoms with E-state index in [0.717, 1.165) is 25.1 Å². The highest BCUT2D eigenvalue weighted by atomic mass is 16.6. The molecule has 0 N–H and O–H groups in total. The summed E-state index contributed by atoms with van der Waals surface area (Å²) >= 11 is 0. The van der Waals surface area contributed by atoms with E-state index in [1.807, 2.05) is 0 Å². The SMILES string of the molecule is O=Cc1ccc(OCCC2CO2)cc1. The Hall–Kier alpha value is -1.35. The molecule has 0 spiro atoms. The molecule has 14 heavy (non-hydrogen) atoms. The van der Waals surface area contributed by atoms with Crippen molar-refractivity contribution in [2.24, 2.45) is 0 Å². The summed E-state index contributed by atoms with van der Waals surface area (Å²) < 4.78 is 10.5. The van der Waals surface area contributed by atoms with Gasteiger partial charge in [-0.1, -0.05) is 0 Å². The minimum absolute atomic E-state index is 0.407. The van der Waals surface area contributed by atoms with Gasteiger partial charge in [-0.15, -0.1) is 0 Å². The average molecular weight is 192 g/mol. The lowest BCUT2D eigenvalue weighted by Crippen LogP contribution is -2.00. The first kappa shape index (κ1) is 9.21. The number of hydrogen-bond acceptors (Lipinski definition) is 3. The summed E-state index contributed by atoms with van der Waals surface area (Å²) in [5.41, 5.74) is 0.669. The summed E-state index contributed by atoms with van der Waals surface area (Å²) in [6, 6.07) is 7.10. The van der Waals surface area contributed by atoms with Crippen molar-refractivity contribution < 1.29 is 14.3 Å². The average Bonchev–Trinajstić information content (AvgIpc) is 3.03. The maximum Gasteiger partial charge on any atom is 0.150 e. The Labute approximate surface area is 82.6 Å². The second-order valence-corrected chi connectivity index (χ2v) is 3.28. The van der Waals surface area contributed by atoms with Crippen LogP contribution in [0.25, 0.3) is 0 Å². The van der Waals surface area contributed by atoms with Crippen molar-refractivity contribution in [3.63, 3.8) is 0 Å². The standard InChI is InChI=1S/C11H12O3/c12-7-9-1-3-10(4-2-9)13-6-5-11-8-14-11/h1-4,7,11H,5-6,8H2. The Balaban J connectivity index is 1.79. The monoisotopic (exact) mass is 192 g/mol. The normalized spacial score (nSPS) is 19.0. The molecule has 1 aliphatic heterocycles. The van der Waals surface area contributed by atoms with Gasteiger partial charge in [0.2, 0.25) is 0 Å². The van der Waals surface area contributed by atoms with Crippen LogP contribution in [0.15, 0.2) is 24.3 Å². The Bertz CT molecular complexity index is 301. The largest absolute Gasteiger partial charge is 0.493 e. The smallest absolute Gasteiger partial charge is 0.150 e.